The third-order valence-corrected chi connectivity index (χ3v) is 3.16. The Kier molecular flexibility index (Phi) is 4.66. The van der Waals surface area contributed by atoms with Crippen LogP contribution in [0.5, 0.6) is 0 Å². The highest BCUT2D eigenvalue weighted by Gasteiger charge is 2.13. The van der Waals surface area contributed by atoms with Gasteiger partial charge < -0.3 is 9.63 Å². The molecule has 10 heteroatoms. The topological polar surface area (TPSA) is 120 Å². The van der Waals surface area contributed by atoms with Crippen molar-refractivity contribution in [3.63, 3.8) is 0 Å². The van der Waals surface area contributed by atoms with Crippen LogP contribution in [0.4, 0.5) is 0 Å². The van der Waals surface area contributed by atoms with E-state index < -0.39 is 5.97 Å². The number of hydrogen-bond donors (Lipinski definition) is 1. The Morgan fingerprint density at radius 1 is 1.50 bits per heavy atom. The Hall–Kier alpha value is -1.97. The summed E-state index contributed by atoms with van der Waals surface area (Å²) in [5.74, 6) is 0.995. The Morgan fingerprint density at radius 3 is 3.00 bits per heavy atom. The summed E-state index contributed by atoms with van der Waals surface area (Å²) < 4.78 is 6.32. The van der Waals surface area contributed by atoms with Gasteiger partial charge in [-0.05, 0) is 16.3 Å². The first-order valence-corrected chi connectivity index (χ1v) is 6.95. The molecule has 2 rings (SSSR count). The van der Waals surface area contributed by atoms with E-state index in [9.17, 15) is 4.79 Å². The van der Waals surface area contributed by atoms with E-state index in [1.807, 2.05) is 0 Å². The highest BCUT2D eigenvalue weighted by molar-refractivity contribution is 7.98. The average Bonchev–Trinajstić information content (AvgIpc) is 2.95. The van der Waals surface area contributed by atoms with Crippen LogP contribution in [0.25, 0.3) is 0 Å². The van der Waals surface area contributed by atoms with Crippen LogP contribution in [0.1, 0.15) is 25.6 Å². The SMILES string of the molecule is CC(C)Cc1nc(CSc2nnnn2CC(=O)O)no1. The highest BCUT2D eigenvalue weighted by atomic mass is 32.2. The molecule has 0 saturated heterocycles. The molecule has 1 N–H and O–H groups in total. The number of aliphatic carboxylic acids is 1. The zero-order valence-electron chi connectivity index (χ0n) is 11.1. The van der Waals surface area contributed by atoms with Crippen LogP contribution < -0.4 is 0 Å². The van der Waals surface area contributed by atoms with E-state index in [2.05, 4.69) is 39.5 Å². The van der Waals surface area contributed by atoms with Gasteiger partial charge in [0.05, 0.1) is 5.75 Å². The Morgan fingerprint density at radius 2 is 2.30 bits per heavy atom. The third-order valence-electron chi connectivity index (χ3n) is 2.21. The normalized spacial score (nSPS) is 11.2. The standard InChI is InChI=1S/C10H14N6O3S/c1-6(2)3-8-11-7(13-19-8)5-20-10-12-14-15-16(10)4-9(17)18/h6H,3-5H2,1-2H3,(H,17,18). The van der Waals surface area contributed by atoms with Crippen molar-refractivity contribution >= 4 is 17.7 Å². The molecule has 0 aliphatic heterocycles. The Bertz CT molecular complexity index is 581. The molecule has 0 aliphatic carbocycles. The van der Waals surface area contributed by atoms with Gasteiger partial charge in [-0.2, -0.15) is 4.98 Å². The fourth-order valence-corrected chi connectivity index (χ4v) is 2.16. The summed E-state index contributed by atoms with van der Waals surface area (Å²) >= 11 is 1.26. The molecule has 9 nitrogen and oxygen atoms in total. The summed E-state index contributed by atoms with van der Waals surface area (Å²) in [5, 5.41) is 23.8. The van der Waals surface area contributed by atoms with Crippen LogP contribution in [0, 0.1) is 5.92 Å². The van der Waals surface area contributed by atoms with E-state index in [1.54, 1.807) is 0 Å². The van der Waals surface area contributed by atoms with Gasteiger partial charge in [-0.25, -0.2) is 4.68 Å². The summed E-state index contributed by atoms with van der Waals surface area (Å²) in [6.45, 7) is 3.86. The van der Waals surface area contributed by atoms with Crippen molar-refractivity contribution in [1.29, 1.82) is 0 Å². The molecule has 0 unspecified atom stereocenters. The quantitative estimate of drug-likeness (QED) is 0.733. The van der Waals surface area contributed by atoms with E-state index in [4.69, 9.17) is 9.63 Å². The second kappa shape index (κ2) is 6.46. The van der Waals surface area contributed by atoms with E-state index in [0.29, 0.717) is 28.5 Å². The van der Waals surface area contributed by atoms with Crippen molar-refractivity contribution in [2.24, 2.45) is 5.92 Å². The zero-order valence-corrected chi connectivity index (χ0v) is 11.9. The highest BCUT2D eigenvalue weighted by Crippen LogP contribution is 2.18. The van der Waals surface area contributed by atoms with Crippen molar-refractivity contribution in [2.45, 2.75) is 37.7 Å². The lowest BCUT2D eigenvalue weighted by atomic mass is 10.1. The average molecular weight is 298 g/mol. The maximum atomic E-state index is 10.6. The summed E-state index contributed by atoms with van der Waals surface area (Å²) in [4.78, 5) is 14.9. The van der Waals surface area contributed by atoms with Crippen molar-refractivity contribution < 1.29 is 14.4 Å². The van der Waals surface area contributed by atoms with E-state index >= 15 is 0 Å². The first kappa shape index (κ1) is 14.4. The molecule has 0 amide bonds. The number of carbonyl (C=O) groups is 1. The van der Waals surface area contributed by atoms with Gasteiger partial charge in [0.2, 0.25) is 11.0 Å². The zero-order chi connectivity index (χ0) is 14.5. The van der Waals surface area contributed by atoms with Gasteiger partial charge in [-0.15, -0.1) is 5.10 Å². The smallest absolute Gasteiger partial charge is 0.325 e. The van der Waals surface area contributed by atoms with Crippen LogP contribution in [0.15, 0.2) is 9.68 Å². The molecule has 0 atom stereocenters. The van der Waals surface area contributed by atoms with Gasteiger partial charge in [0.25, 0.3) is 0 Å². The lowest BCUT2D eigenvalue weighted by molar-refractivity contribution is -0.138. The summed E-state index contributed by atoms with van der Waals surface area (Å²) in [6, 6.07) is 0. The van der Waals surface area contributed by atoms with Crippen molar-refractivity contribution in [3.8, 4) is 0 Å². The molecule has 0 spiro atoms. The molecule has 2 aromatic rings. The number of hydrogen-bond acceptors (Lipinski definition) is 8. The van der Waals surface area contributed by atoms with Gasteiger partial charge in [0.1, 0.15) is 6.54 Å². The van der Waals surface area contributed by atoms with Gasteiger partial charge in [0.15, 0.2) is 5.82 Å². The minimum Gasteiger partial charge on any atom is -0.480 e. The van der Waals surface area contributed by atoms with Crippen molar-refractivity contribution in [2.75, 3.05) is 0 Å². The van der Waals surface area contributed by atoms with Gasteiger partial charge in [-0.1, -0.05) is 30.8 Å². The first-order chi connectivity index (χ1) is 9.54. The number of carboxylic acids is 1. The summed E-state index contributed by atoms with van der Waals surface area (Å²) in [6.07, 6.45) is 0.731. The third kappa shape index (κ3) is 4.02. The fourth-order valence-electron chi connectivity index (χ4n) is 1.44. The lowest BCUT2D eigenvalue weighted by Gasteiger charge is -1.98. The largest absolute Gasteiger partial charge is 0.480 e. The molecule has 2 aromatic heterocycles. The predicted molar refractivity (Wildman–Crippen MR) is 67.9 cm³/mol. The van der Waals surface area contributed by atoms with Crippen LogP contribution in [0.3, 0.4) is 0 Å². The number of carboxylic acid groups (broad SMARTS) is 1. The maximum Gasteiger partial charge on any atom is 0.325 e. The first-order valence-electron chi connectivity index (χ1n) is 5.97. The predicted octanol–water partition coefficient (Wildman–Crippen LogP) is 0.631. The maximum absolute atomic E-state index is 10.6. The molecule has 0 bridgehead atoms. The molecule has 0 aliphatic rings. The number of aromatic nitrogens is 6. The van der Waals surface area contributed by atoms with Crippen LogP contribution in [0.2, 0.25) is 0 Å². The molecule has 0 fully saturated rings. The fraction of sp³-hybridized carbons (Fsp3) is 0.600. The van der Waals surface area contributed by atoms with Crippen LogP contribution >= 0.6 is 11.8 Å². The molecule has 20 heavy (non-hydrogen) atoms. The molecule has 2 heterocycles. The molecular formula is C10H14N6O3S. The Labute approximate surface area is 118 Å². The minimum absolute atomic E-state index is 0.278. The minimum atomic E-state index is -1.00. The van der Waals surface area contributed by atoms with Crippen molar-refractivity contribution in [3.05, 3.63) is 11.7 Å². The van der Waals surface area contributed by atoms with Gasteiger partial charge in [-0.3, -0.25) is 4.79 Å². The number of nitrogens with zero attached hydrogens (tertiary/aromatic N) is 6. The van der Waals surface area contributed by atoms with Gasteiger partial charge >= 0.3 is 5.97 Å². The van der Waals surface area contributed by atoms with Crippen LogP contribution in [-0.2, 0) is 23.5 Å². The van der Waals surface area contributed by atoms with E-state index in [-0.39, 0.29) is 6.54 Å². The lowest BCUT2D eigenvalue weighted by Crippen LogP contribution is -2.11. The van der Waals surface area contributed by atoms with Crippen molar-refractivity contribution in [1.82, 2.24) is 30.3 Å². The molecule has 108 valence electrons. The second-order valence-electron chi connectivity index (χ2n) is 4.50. The van der Waals surface area contributed by atoms with E-state index in [0.717, 1.165) is 6.42 Å². The second-order valence-corrected chi connectivity index (χ2v) is 5.45. The van der Waals surface area contributed by atoms with Crippen LogP contribution in [-0.4, -0.2) is 41.4 Å². The monoisotopic (exact) mass is 298 g/mol. The number of tetrazole rings is 1. The number of thioether (sulfide) groups is 1. The summed E-state index contributed by atoms with van der Waals surface area (Å²) in [5.41, 5.74) is 0. The summed E-state index contributed by atoms with van der Waals surface area (Å²) in [7, 11) is 0. The van der Waals surface area contributed by atoms with E-state index in [1.165, 1.54) is 16.4 Å². The molecular weight excluding hydrogens is 284 g/mol. The number of rotatable bonds is 7. The molecule has 0 aromatic carbocycles. The Balaban J connectivity index is 1.93. The molecule has 0 radical (unpaired) electrons. The van der Waals surface area contributed by atoms with Gasteiger partial charge in [0, 0.05) is 6.42 Å². The molecule has 0 saturated carbocycles.